The van der Waals surface area contributed by atoms with E-state index in [9.17, 15) is 14.0 Å². The Morgan fingerprint density at radius 3 is 2.59 bits per heavy atom. The van der Waals surface area contributed by atoms with Gasteiger partial charge in [-0.05, 0) is 30.3 Å². The molecule has 0 spiro atoms. The minimum absolute atomic E-state index is 0.000627. The Morgan fingerprint density at radius 2 is 1.91 bits per heavy atom. The van der Waals surface area contributed by atoms with Crippen LogP contribution in [0.5, 0.6) is 0 Å². The van der Waals surface area contributed by atoms with Gasteiger partial charge in [-0.15, -0.1) is 0 Å². The molecule has 5 nitrogen and oxygen atoms in total. The maximum absolute atomic E-state index is 13.0. The fourth-order valence-electron chi connectivity index (χ4n) is 1.76. The lowest BCUT2D eigenvalue weighted by atomic mass is 10.2. The quantitative estimate of drug-likeness (QED) is 0.789. The topological polar surface area (TPSA) is 78.4 Å². The molecule has 0 saturated carbocycles. The molecule has 7 heteroatoms. The van der Waals surface area contributed by atoms with Crippen LogP contribution in [0.4, 0.5) is 15.8 Å². The Morgan fingerprint density at radius 1 is 1.18 bits per heavy atom. The van der Waals surface area contributed by atoms with E-state index in [1.165, 1.54) is 30.3 Å². The van der Waals surface area contributed by atoms with Crippen LogP contribution >= 0.6 is 11.6 Å². The van der Waals surface area contributed by atoms with Crippen LogP contribution in [0.2, 0.25) is 5.02 Å². The average molecular weight is 323 g/mol. The first-order chi connectivity index (χ1) is 10.5. The van der Waals surface area contributed by atoms with Crippen molar-refractivity contribution in [2.75, 3.05) is 17.2 Å². The first kappa shape index (κ1) is 15.8. The smallest absolute Gasteiger partial charge is 0.337 e. The Hall–Kier alpha value is -2.60. The average Bonchev–Trinajstić information content (AvgIpc) is 2.49. The third kappa shape index (κ3) is 3.95. The second-order valence-corrected chi connectivity index (χ2v) is 4.79. The van der Waals surface area contributed by atoms with Crippen molar-refractivity contribution in [3.8, 4) is 0 Å². The molecule has 1 amide bonds. The van der Waals surface area contributed by atoms with Gasteiger partial charge in [-0.25, -0.2) is 9.18 Å². The number of para-hydroxylation sites is 1. The van der Waals surface area contributed by atoms with Crippen LogP contribution in [0.25, 0.3) is 0 Å². The highest BCUT2D eigenvalue weighted by molar-refractivity contribution is 6.31. The summed E-state index contributed by atoms with van der Waals surface area (Å²) in [5, 5.41) is 14.2. The van der Waals surface area contributed by atoms with Crippen molar-refractivity contribution in [1.29, 1.82) is 0 Å². The highest BCUT2D eigenvalue weighted by atomic mass is 35.5. The maximum atomic E-state index is 13.0. The molecule has 0 unspecified atom stereocenters. The summed E-state index contributed by atoms with van der Waals surface area (Å²) in [5.74, 6) is -2.12. The van der Waals surface area contributed by atoms with E-state index in [0.717, 1.165) is 0 Å². The molecule has 0 atom stereocenters. The van der Waals surface area contributed by atoms with E-state index in [0.29, 0.717) is 5.69 Å². The minimum Gasteiger partial charge on any atom is -0.478 e. The summed E-state index contributed by atoms with van der Waals surface area (Å²) in [4.78, 5) is 22.9. The minimum atomic E-state index is -1.13. The van der Waals surface area contributed by atoms with Gasteiger partial charge in [-0.1, -0.05) is 23.7 Å². The number of hydrogen-bond donors (Lipinski definition) is 3. The zero-order valence-electron chi connectivity index (χ0n) is 11.3. The number of hydrogen-bond acceptors (Lipinski definition) is 3. The number of halogens is 2. The monoisotopic (exact) mass is 322 g/mol. The van der Waals surface area contributed by atoms with E-state index < -0.39 is 17.7 Å². The van der Waals surface area contributed by atoms with Crippen molar-refractivity contribution in [1.82, 2.24) is 0 Å². The van der Waals surface area contributed by atoms with Gasteiger partial charge in [0.1, 0.15) is 5.82 Å². The lowest BCUT2D eigenvalue weighted by Gasteiger charge is -2.10. The van der Waals surface area contributed by atoms with Gasteiger partial charge >= 0.3 is 5.97 Å². The number of carbonyl (C=O) groups excluding carboxylic acids is 1. The Balaban J connectivity index is 1.99. The normalized spacial score (nSPS) is 10.1. The molecule has 2 rings (SSSR count). The molecule has 0 aliphatic carbocycles. The zero-order valence-corrected chi connectivity index (χ0v) is 12.0. The standard InChI is InChI=1S/C15H12ClFN2O3/c16-11-7-9(5-6-12(11)17)18-8-14(20)19-13-4-2-1-3-10(13)15(21)22/h1-7,18H,8H2,(H,19,20)(H,21,22). The molecule has 0 aliphatic heterocycles. The fraction of sp³-hybridized carbons (Fsp3) is 0.0667. The zero-order chi connectivity index (χ0) is 16.1. The number of nitrogens with one attached hydrogen (secondary N) is 2. The molecule has 0 heterocycles. The van der Waals surface area contributed by atoms with Crippen LogP contribution in [-0.2, 0) is 4.79 Å². The second kappa shape index (κ2) is 6.91. The molecule has 22 heavy (non-hydrogen) atoms. The van der Waals surface area contributed by atoms with Gasteiger partial charge in [-0.2, -0.15) is 0 Å². The van der Waals surface area contributed by atoms with E-state index in [1.807, 2.05) is 0 Å². The van der Waals surface area contributed by atoms with Gasteiger partial charge in [0.2, 0.25) is 5.91 Å². The largest absolute Gasteiger partial charge is 0.478 e. The number of rotatable bonds is 5. The second-order valence-electron chi connectivity index (χ2n) is 4.38. The summed E-state index contributed by atoms with van der Waals surface area (Å²) in [7, 11) is 0. The van der Waals surface area contributed by atoms with E-state index in [1.54, 1.807) is 12.1 Å². The predicted octanol–water partition coefficient (Wildman–Crippen LogP) is 3.23. The summed E-state index contributed by atoms with van der Waals surface area (Å²) in [6.07, 6.45) is 0. The molecular formula is C15H12ClFN2O3. The third-order valence-electron chi connectivity index (χ3n) is 2.80. The first-order valence-electron chi connectivity index (χ1n) is 6.28. The van der Waals surface area contributed by atoms with Gasteiger partial charge in [0.25, 0.3) is 0 Å². The van der Waals surface area contributed by atoms with E-state index >= 15 is 0 Å². The lowest BCUT2D eigenvalue weighted by Crippen LogP contribution is -2.22. The highest BCUT2D eigenvalue weighted by Crippen LogP contribution is 2.19. The number of benzene rings is 2. The van der Waals surface area contributed by atoms with Crippen molar-refractivity contribution in [3.63, 3.8) is 0 Å². The maximum Gasteiger partial charge on any atom is 0.337 e. The highest BCUT2D eigenvalue weighted by Gasteiger charge is 2.11. The van der Waals surface area contributed by atoms with Gasteiger partial charge in [0.05, 0.1) is 22.8 Å². The van der Waals surface area contributed by atoms with E-state index in [4.69, 9.17) is 16.7 Å². The van der Waals surface area contributed by atoms with Gasteiger partial charge in [-0.3, -0.25) is 4.79 Å². The molecule has 0 bridgehead atoms. The van der Waals surface area contributed by atoms with Gasteiger partial charge in [0, 0.05) is 5.69 Å². The van der Waals surface area contributed by atoms with Crippen molar-refractivity contribution in [2.45, 2.75) is 0 Å². The van der Waals surface area contributed by atoms with Crippen molar-refractivity contribution >= 4 is 34.9 Å². The summed E-state index contributed by atoms with van der Waals surface area (Å²) in [5.41, 5.74) is 0.688. The summed E-state index contributed by atoms with van der Waals surface area (Å²) in [6.45, 7) is -0.115. The van der Waals surface area contributed by atoms with Crippen LogP contribution in [0.15, 0.2) is 42.5 Å². The fourth-order valence-corrected chi connectivity index (χ4v) is 1.94. The van der Waals surface area contributed by atoms with Gasteiger partial charge in [0.15, 0.2) is 0 Å². The number of amides is 1. The van der Waals surface area contributed by atoms with Crippen molar-refractivity contribution < 1.29 is 19.1 Å². The van der Waals surface area contributed by atoms with Crippen LogP contribution in [0.3, 0.4) is 0 Å². The summed E-state index contributed by atoms with van der Waals surface area (Å²) >= 11 is 5.63. The predicted molar refractivity (Wildman–Crippen MR) is 81.9 cm³/mol. The molecule has 2 aromatic rings. The number of carboxylic acid groups (broad SMARTS) is 1. The summed E-state index contributed by atoms with van der Waals surface area (Å²) in [6, 6.07) is 10.1. The number of carboxylic acids is 1. The Kier molecular flexibility index (Phi) is 4.95. The van der Waals surface area contributed by atoms with Gasteiger partial charge < -0.3 is 15.7 Å². The van der Waals surface area contributed by atoms with Crippen LogP contribution < -0.4 is 10.6 Å². The molecule has 2 aromatic carbocycles. The third-order valence-corrected chi connectivity index (χ3v) is 3.09. The molecule has 0 fully saturated rings. The SMILES string of the molecule is O=C(CNc1ccc(F)c(Cl)c1)Nc1ccccc1C(=O)O. The van der Waals surface area contributed by atoms with Crippen LogP contribution in [-0.4, -0.2) is 23.5 Å². The molecule has 114 valence electrons. The first-order valence-corrected chi connectivity index (χ1v) is 6.66. The van der Waals surface area contributed by atoms with Crippen molar-refractivity contribution in [2.24, 2.45) is 0 Å². The number of anilines is 2. The molecular weight excluding hydrogens is 311 g/mol. The molecule has 0 radical (unpaired) electrons. The number of aromatic carboxylic acids is 1. The number of carbonyl (C=O) groups is 2. The molecule has 0 saturated heterocycles. The Labute approximate surface area is 130 Å². The summed E-state index contributed by atoms with van der Waals surface area (Å²) < 4.78 is 13.0. The van der Waals surface area contributed by atoms with Crippen LogP contribution in [0.1, 0.15) is 10.4 Å². The van der Waals surface area contributed by atoms with E-state index in [-0.39, 0.29) is 22.8 Å². The lowest BCUT2D eigenvalue weighted by molar-refractivity contribution is -0.114. The van der Waals surface area contributed by atoms with E-state index in [2.05, 4.69) is 10.6 Å². The molecule has 3 N–H and O–H groups in total. The van der Waals surface area contributed by atoms with Crippen molar-refractivity contribution in [3.05, 3.63) is 58.9 Å². The molecule has 0 aromatic heterocycles. The van der Waals surface area contributed by atoms with Crippen LogP contribution in [0, 0.1) is 5.82 Å². The Bertz CT molecular complexity index is 722. The molecule has 0 aliphatic rings.